The molecule has 0 fully saturated rings. The van der Waals surface area contributed by atoms with Crippen LogP contribution in [0.15, 0.2) is 52.7 Å². The third kappa shape index (κ3) is 4.37. The smallest absolute Gasteiger partial charge is 0.337 e. The van der Waals surface area contributed by atoms with Crippen molar-refractivity contribution in [3.63, 3.8) is 0 Å². The number of carboxylic acids is 2. The minimum Gasteiger partial charge on any atom is -0.508 e. The summed E-state index contributed by atoms with van der Waals surface area (Å²) in [5.74, 6) is -2.09. The van der Waals surface area contributed by atoms with E-state index in [2.05, 4.69) is 10.2 Å². The average Bonchev–Trinajstić information content (AvgIpc) is 2.53. The van der Waals surface area contributed by atoms with Gasteiger partial charge < -0.3 is 15.3 Å². The Morgan fingerprint density at radius 3 is 2.43 bits per heavy atom. The Bertz CT molecular complexity index is 771. The van der Waals surface area contributed by atoms with Crippen LogP contribution >= 0.6 is 0 Å². The number of nitrogens with zero attached hydrogens (tertiary/aromatic N) is 2. The number of aromatic hydroxyl groups is 1. The van der Waals surface area contributed by atoms with Gasteiger partial charge in [-0.15, -0.1) is 5.11 Å². The van der Waals surface area contributed by atoms with E-state index in [-0.39, 0.29) is 29.8 Å². The van der Waals surface area contributed by atoms with Crippen molar-refractivity contribution in [3.8, 4) is 5.75 Å². The van der Waals surface area contributed by atoms with E-state index in [1.54, 1.807) is 12.1 Å². The average molecular weight is 314 g/mol. The summed E-state index contributed by atoms with van der Waals surface area (Å²) < 4.78 is 0. The Labute approximate surface area is 131 Å². The first-order valence-electron chi connectivity index (χ1n) is 6.75. The van der Waals surface area contributed by atoms with Gasteiger partial charge in [0.2, 0.25) is 0 Å². The zero-order valence-electron chi connectivity index (χ0n) is 12.0. The van der Waals surface area contributed by atoms with Gasteiger partial charge in [0.25, 0.3) is 0 Å². The maximum Gasteiger partial charge on any atom is 0.337 e. The summed E-state index contributed by atoms with van der Waals surface area (Å²) in [7, 11) is 0. The number of phenols is 1. The minimum absolute atomic E-state index is 0.0175. The molecule has 0 heterocycles. The molecule has 0 spiro atoms. The molecular weight excluding hydrogens is 300 g/mol. The van der Waals surface area contributed by atoms with Gasteiger partial charge in [0.1, 0.15) is 11.4 Å². The largest absolute Gasteiger partial charge is 0.508 e. The normalized spacial score (nSPS) is 10.8. The third-order valence-electron chi connectivity index (χ3n) is 3.08. The quantitative estimate of drug-likeness (QED) is 0.705. The number of aliphatic carboxylic acids is 1. The van der Waals surface area contributed by atoms with Crippen molar-refractivity contribution >= 4 is 23.3 Å². The minimum atomic E-state index is -1.10. The van der Waals surface area contributed by atoms with Crippen molar-refractivity contribution < 1.29 is 24.9 Å². The Morgan fingerprint density at radius 1 is 1.00 bits per heavy atom. The molecule has 0 atom stereocenters. The van der Waals surface area contributed by atoms with E-state index in [1.165, 1.54) is 30.3 Å². The van der Waals surface area contributed by atoms with Gasteiger partial charge in [-0.25, -0.2) is 4.79 Å². The van der Waals surface area contributed by atoms with E-state index in [9.17, 15) is 14.7 Å². The van der Waals surface area contributed by atoms with Crippen LogP contribution < -0.4 is 0 Å². The first-order valence-corrected chi connectivity index (χ1v) is 6.75. The molecule has 23 heavy (non-hydrogen) atoms. The van der Waals surface area contributed by atoms with Crippen molar-refractivity contribution in [1.82, 2.24) is 0 Å². The van der Waals surface area contributed by atoms with E-state index in [0.29, 0.717) is 11.3 Å². The highest BCUT2D eigenvalue weighted by Crippen LogP contribution is 2.27. The van der Waals surface area contributed by atoms with Gasteiger partial charge in [-0.1, -0.05) is 12.1 Å². The molecule has 0 aliphatic rings. The number of aryl methyl sites for hydroxylation is 1. The van der Waals surface area contributed by atoms with Crippen molar-refractivity contribution in [3.05, 3.63) is 53.6 Å². The summed E-state index contributed by atoms with van der Waals surface area (Å²) in [5, 5.41) is 35.3. The van der Waals surface area contributed by atoms with Gasteiger partial charge >= 0.3 is 11.9 Å². The number of hydrogen-bond acceptors (Lipinski definition) is 5. The third-order valence-corrected chi connectivity index (χ3v) is 3.08. The predicted octanol–water partition coefficient (Wildman–Crippen LogP) is 3.52. The topological polar surface area (TPSA) is 120 Å². The lowest BCUT2D eigenvalue weighted by Crippen LogP contribution is -1.97. The lowest BCUT2D eigenvalue weighted by molar-refractivity contribution is -0.136. The zero-order valence-corrected chi connectivity index (χ0v) is 12.0. The zero-order chi connectivity index (χ0) is 16.8. The molecule has 2 aromatic rings. The highest BCUT2D eigenvalue weighted by atomic mass is 16.4. The Morgan fingerprint density at radius 2 is 1.74 bits per heavy atom. The van der Waals surface area contributed by atoms with Crippen LogP contribution in [-0.2, 0) is 11.2 Å². The second-order valence-corrected chi connectivity index (χ2v) is 4.73. The van der Waals surface area contributed by atoms with E-state index in [4.69, 9.17) is 10.2 Å². The molecule has 3 N–H and O–H groups in total. The first kappa shape index (κ1) is 16.2. The van der Waals surface area contributed by atoms with Crippen LogP contribution in [-0.4, -0.2) is 27.3 Å². The molecule has 0 saturated carbocycles. The molecule has 2 rings (SSSR count). The molecule has 7 nitrogen and oxygen atoms in total. The highest BCUT2D eigenvalue weighted by molar-refractivity contribution is 5.93. The van der Waals surface area contributed by atoms with Gasteiger partial charge in [-0.3, -0.25) is 4.79 Å². The molecule has 0 radical (unpaired) electrons. The summed E-state index contributed by atoms with van der Waals surface area (Å²) in [5.41, 5.74) is 1.07. The fourth-order valence-electron chi connectivity index (χ4n) is 1.93. The number of hydrogen-bond donors (Lipinski definition) is 3. The monoisotopic (exact) mass is 314 g/mol. The van der Waals surface area contributed by atoms with Crippen molar-refractivity contribution in [2.45, 2.75) is 12.8 Å². The number of aromatic carboxylic acids is 1. The van der Waals surface area contributed by atoms with E-state index in [1.807, 2.05) is 0 Å². The number of azo groups is 1. The van der Waals surface area contributed by atoms with E-state index in [0.717, 1.165) is 0 Å². The summed E-state index contributed by atoms with van der Waals surface area (Å²) in [6.45, 7) is 0. The molecule has 0 bridgehead atoms. The van der Waals surface area contributed by atoms with Gasteiger partial charge in [0.15, 0.2) is 0 Å². The molecule has 0 aliphatic carbocycles. The lowest BCUT2D eigenvalue weighted by atomic mass is 10.1. The van der Waals surface area contributed by atoms with Crippen molar-refractivity contribution in [2.24, 2.45) is 10.2 Å². The highest BCUT2D eigenvalue weighted by Gasteiger charge is 2.09. The fourth-order valence-corrected chi connectivity index (χ4v) is 1.93. The van der Waals surface area contributed by atoms with E-state index >= 15 is 0 Å². The Balaban J connectivity index is 2.25. The van der Waals surface area contributed by atoms with Crippen LogP contribution in [0.3, 0.4) is 0 Å². The molecule has 0 saturated heterocycles. The fraction of sp³-hybridized carbons (Fsp3) is 0.125. The van der Waals surface area contributed by atoms with Crippen LogP contribution in [0.4, 0.5) is 11.4 Å². The van der Waals surface area contributed by atoms with E-state index < -0.39 is 11.9 Å². The maximum absolute atomic E-state index is 11.1. The molecule has 0 unspecified atom stereocenters. The van der Waals surface area contributed by atoms with Gasteiger partial charge in [-0.05, 0) is 42.3 Å². The molecule has 118 valence electrons. The first-order chi connectivity index (χ1) is 11.0. The number of phenolic OH excluding ortho intramolecular Hbond substituents is 1. The SMILES string of the molecule is O=C(O)CCc1cc(/N=N/c2ccccc2C(=O)O)ccc1O. The Hall–Kier alpha value is -3.22. The van der Waals surface area contributed by atoms with Gasteiger partial charge in [0, 0.05) is 6.42 Å². The summed E-state index contributed by atoms with van der Waals surface area (Å²) in [6.07, 6.45) is 0.0479. The van der Waals surface area contributed by atoms with Crippen LogP contribution in [0.5, 0.6) is 5.75 Å². The van der Waals surface area contributed by atoms with Crippen molar-refractivity contribution in [2.75, 3.05) is 0 Å². The lowest BCUT2D eigenvalue weighted by Gasteiger charge is -2.04. The molecule has 2 aromatic carbocycles. The van der Waals surface area contributed by atoms with Crippen LogP contribution in [0.2, 0.25) is 0 Å². The number of rotatable bonds is 6. The molecule has 0 amide bonds. The molecule has 7 heteroatoms. The van der Waals surface area contributed by atoms with Gasteiger partial charge in [-0.2, -0.15) is 5.11 Å². The number of benzene rings is 2. The maximum atomic E-state index is 11.1. The van der Waals surface area contributed by atoms with Crippen LogP contribution in [0.1, 0.15) is 22.3 Å². The number of carbonyl (C=O) groups is 2. The summed E-state index contributed by atoms with van der Waals surface area (Å²) in [6, 6.07) is 10.6. The second-order valence-electron chi connectivity index (χ2n) is 4.73. The summed E-state index contributed by atoms with van der Waals surface area (Å²) in [4.78, 5) is 21.7. The Kier molecular flexibility index (Phi) is 5.03. The second kappa shape index (κ2) is 7.17. The summed E-state index contributed by atoms with van der Waals surface area (Å²) >= 11 is 0. The number of carboxylic acid groups (broad SMARTS) is 2. The molecule has 0 aliphatic heterocycles. The predicted molar refractivity (Wildman–Crippen MR) is 81.6 cm³/mol. The van der Waals surface area contributed by atoms with Gasteiger partial charge in [0.05, 0.1) is 11.3 Å². The standard InChI is InChI=1S/C16H14N2O5/c19-14-7-6-11(9-10(14)5-8-15(20)21)17-18-13-4-2-1-3-12(13)16(22)23/h1-4,6-7,9,19H,5,8H2,(H,20,21)(H,22,23)/b18-17+. The van der Waals surface area contributed by atoms with Crippen LogP contribution in [0, 0.1) is 0 Å². The molecular formula is C16H14N2O5. The molecule has 0 aromatic heterocycles. The van der Waals surface area contributed by atoms with Crippen LogP contribution in [0.25, 0.3) is 0 Å². The van der Waals surface area contributed by atoms with Crippen molar-refractivity contribution in [1.29, 1.82) is 0 Å².